The van der Waals surface area contributed by atoms with Gasteiger partial charge in [0.05, 0.1) is 16.3 Å². The minimum atomic E-state index is -5.85. The van der Waals surface area contributed by atoms with Crippen molar-refractivity contribution in [1.82, 2.24) is 0 Å². The molecule has 9 heteroatoms. The van der Waals surface area contributed by atoms with Gasteiger partial charge in [0.15, 0.2) is 0 Å². The third-order valence-corrected chi connectivity index (χ3v) is 2.55. The lowest BCUT2D eigenvalue weighted by Crippen LogP contribution is -2.35. The van der Waals surface area contributed by atoms with E-state index in [1.165, 1.54) is 0 Å². The molecule has 106 valence electrons. The SMILES string of the molecule is CC(=O)Nc1cc(Cl)cc(Cl)c1C(F)(F)C(F)(F)F. The molecule has 0 saturated heterocycles. The van der Waals surface area contributed by atoms with Gasteiger partial charge in [0.2, 0.25) is 5.91 Å². The largest absolute Gasteiger partial charge is 0.458 e. The maximum Gasteiger partial charge on any atom is 0.458 e. The Labute approximate surface area is 114 Å². The summed E-state index contributed by atoms with van der Waals surface area (Å²) in [5.74, 6) is -6.05. The molecule has 2 nitrogen and oxygen atoms in total. The first-order chi connectivity index (χ1) is 8.46. The van der Waals surface area contributed by atoms with E-state index in [1.807, 2.05) is 5.32 Å². The second-order valence-corrected chi connectivity index (χ2v) is 4.41. The number of hydrogen-bond donors (Lipinski definition) is 1. The number of amides is 1. The van der Waals surface area contributed by atoms with Gasteiger partial charge in [0, 0.05) is 11.9 Å². The van der Waals surface area contributed by atoms with Crippen LogP contribution in [-0.2, 0) is 10.7 Å². The van der Waals surface area contributed by atoms with Crippen LogP contribution in [0, 0.1) is 0 Å². The van der Waals surface area contributed by atoms with Crippen LogP contribution >= 0.6 is 23.2 Å². The summed E-state index contributed by atoms with van der Waals surface area (Å²) in [6.07, 6.45) is -5.85. The van der Waals surface area contributed by atoms with Crippen molar-refractivity contribution in [1.29, 1.82) is 0 Å². The molecule has 1 amide bonds. The van der Waals surface area contributed by atoms with Gasteiger partial charge in [-0.05, 0) is 12.1 Å². The molecule has 0 saturated carbocycles. The number of carbonyl (C=O) groups is 1. The fourth-order valence-electron chi connectivity index (χ4n) is 1.32. The van der Waals surface area contributed by atoms with Crippen molar-refractivity contribution in [2.45, 2.75) is 19.0 Å². The molecular formula is C10H6Cl2F5NO. The molecule has 0 radical (unpaired) electrons. The Balaban J connectivity index is 3.53. The van der Waals surface area contributed by atoms with Gasteiger partial charge in [-0.3, -0.25) is 4.79 Å². The maximum absolute atomic E-state index is 13.4. The Morgan fingerprint density at radius 2 is 1.68 bits per heavy atom. The second-order valence-electron chi connectivity index (χ2n) is 3.56. The van der Waals surface area contributed by atoms with E-state index in [0.29, 0.717) is 0 Å². The molecule has 1 aromatic carbocycles. The van der Waals surface area contributed by atoms with Crippen molar-refractivity contribution in [3.63, 3.8) is 0 Å². The molecule has 0 aliphatic heterocycles. The molecule has 1 N–H and O–H groups in total. The second kappa shape index (κ2) is 5.13. The van der Waals surface area contributed by atoms with Crippen LogP contribution in [0.4, 0.5) is 27.6 Å². The third kappa shape index (κ3) is 3.27. The van der Waals surface area contributed by atoms with Crippen molar-refractivity contribution in [3.8, 4) is 0 Å². The van der Waals surface area contributed by atoms with Crippen LogP contribution < -0.4 is 5.32 Å². The topological polar surface area (TPSA) is 29.1 Å². The maximum atomic E-state index is 13.4. The van der Waals surface area contributed by atoms with E-state index in [4.69, 9.17) is 23.2 Å². The Morgan fingerprint density at radius 1 is 1.16 bits per heavy atom. The Bertz CT molecular complexity index is 515. The average molecular weight is 322 g/mol. The molecule has 0 spiro atoms. The summed E-state index contributed by atoms with van der Waals surface area (Å²) in [4.78, 5) is 10.8. The molecule has 0 atom stereocenters. The zero-order valence-electron chi connectivity index (χ0n) is 9.21. The van der Waals surface area contributed by atoms with Crippen molar-refractivity contribution < 1.29 is 26.7 Å². The van der Waals surface area contributed by atoms with Crippen molar-refractivity contribution in [3.05, 3.63) is 27.7 Å². The van der Waals surface area contributed by atoms with E-state index >= 15 is 0 Å². The molecule has 1 aromatic rings. The van der Waals surface area contributed by atoms with E-state index in [0.717, 1.165) is 19.1 Å². The first-order valence-electron chi connectivity index (χ1n) is 4.68. The highest BCUT2D eigenvalue weighted by atomic mass is 35.5. The van der Waals surface area contributed by atoms with Crippen molar-refractivity contribution in [2.24, 2.45) is 0 Å². The summed E-state index contributed by atoms with van der Waals surface area (Å²) in [6.45, 7) is 0.949. The van der Waals surface area contributed by atoms with Gasteiger partial charge in [0.25, 0.3) is 0 Å². The Morgan fingerprint density at radius 3 is 2.11 bits per heavy atom. The number of rotatable bonds is 2. The number of nitrogens with one attached hydrogen (secondary N) is 1. The first-order valence-corrected chi connectivity index (χ1v) is 5.44. The monoisotopic (exact) mass is 321 g/mol. The Hall–Kier alpha value is -1.08. The average Bonchev–Trinajstić information content (AvgIpc) is 2.11. The highest BCUT2D eigenvalue weighted by molar-refractivity contribution is 6.35. The lowest BCUT2D eigenvalue weighted by atomic mass is 10.1. The number of carbonyl (C=O) groups excluding carboxylic acids is 1. The van der Waals surface area contributed by atoms with Crippen LogP contribution in [0.3, 0.4) is 0 Å². The van der Waals surface area contributed by atoms with Crippen LogP contribution in [0.2, 0.25) is 10.0 Å². The molecule has 0 unspecified atom stereocenters. The van der Waals surface area contributed by atoms with Crippen LogP contribution in [0.1, 0.15) is 12.5 Å². The molecule has 0 bridgehead atoms. The normalized spacial score (nSPS) is 12.4. The standard InChI is InChI=1S/C10H6Cl2F5NO/c1-4(19)18-7-3-5(11)2-6(12)8(7)9(13,14)10(15,16)17/h2-3H,1H3,(H,18,19). The van der Waals surface area contributed by atoms with Gasteiger partial charge >= 0.3 is 12.1 Å². The molecule has 0 aliphatic carbocycles. The zero-order valence-corrected chi connectivity index (χ0v) is 10.7. The quantitative estimate of drug-likeness (QED) is 0.792. The van der Waals surface area contributed by atoms with Crippen LogP contribution in [-0.4, -0.2) is 12.1 Å². The summed E-state index contributed by atoms with van der Waals surface area (Å²) in [6, 6.07) is 1.51. The van der Waals surface area contributed by atoms with E-state index in [-0.39, 0.29) is 5.02 Å². The number of halogens is 7. The molecule has 0 heterocycles. The highest BCUT2D eigenvalue weighted by Gasteiger charge is 2.60. The van der Waals surface area contributed by atoms with Crippen LogP contribution in [0.25, 0.3) is 0 Å². The summed E-state index contributed by atoms with van der Waals surface area (Å²) >= 11 is 10.9. The van der Waals surface area contributed by atoms with E-state index < -0.39 is 34.3 Å². The van der Waals surface area contributed by atoms with Gasteiger partial charge in [-0.1, -0.05) is 23.2 Å². The molecule has 0 aromatic heterocycles. The smallest absolute Gasteiger partial charge is 0.326 e. The van der Waals surface area contributed by atoms with E-state index in [2.05, 4.69) is 0 Å². The Kier molecular flexibility index (Phi) is 4.31. The van der Waals surface area contributed by atoms with Crippen LogP contribution in [0.5, 0.6) is 0 Å². The molecule has 1 rings (SSSR count). The molecule has 0 aliphatic rings. The van der Waals surface area contributed by atoms with Gasteiger partial charge in [-0.25, -0.2) is 0 Å². The summed E-state index contributed by atoms with van der Waals surface area (Å²) < 4.78 is 63.8. The van der Waals surface area contributed by atoms with E-state index in [9.17, 15) is 26.7 Å². The number of anilines is 1. The fourth-order valence-corrected chi connectivity index (χ4v) is 1.93. The predicted octanol–water partition coefficient (Wildman–Crippen LogP) is 4.61. The summed E-state index contributed by atoms with van der Waals surface area (Å²) in [5.41, 5.74) is -2.33. The molecule has 0 fully saturated rings. The zero-order chi connectivity index (χ0) is 15.0. The summed E-state index contributed by atoms with van der Waals surface area (Å²) in [5, 5.41) is 0.770. The lowest BCUT2D eigenvalue weighted by molar-refractivity contribution is -0.289. The van der Waals surface area contributed by atoms with Crippen molar-refractivity contribution in [2.75, 3.05) is 5.32 Å². The predicted molar refractivity (Wildman–Crippen MR) is 60.7 cm³/mol. The van der Waals surface area contributed by atoms with E-state index in [1.54, 1.807) is 0 Å². The number of alkyl halides is 5. The van der Waals surface area contributed by atoms with Gasteiger partial charge in [-0.2, -0.15) is 22.0 Å². The summed E-state index contributed by atoms with van der Waals surface area (Å²) in [7, 11) is 0. The van der Waals surface area contributed by atoms with Gasteiger partial charge in [0.1, 0.15) is 0 Å². The molecular weight excluding hydrogens is 316 g/mol. The number of hydrogen-bond acceptors (Lipinski definition) is 1. The van der Waals surface area contributed by atoms with Crippen LogP contribution in [0.15, 0.2) is 12.1 Å². The van der Waals surface area contributed by atoms with Gasteiger partial charge < -0.3 is 5.32 Å². The van der Waals surface area contributed by atoms with Crippen molar-refractivity contribution >= 4 is 34.8 Å². The van der Waals surface area contributed by atoms with Gasteiger partial charge in [-0.15, -0.1) is 0 Å². The first kappa shape index (κ1) is 16.0. The number of benzene rings is 1. The fraction of sp³-hybridized carbons (Fsp3) is 0.300. The third-order valence-electron chi connectivity index (χ3n) is 2.04. The minimum absolute atomic E-state index is 0.185. The lowest BCUT2D eigenvalue weighted by Gasteiger charge is -2.23. The molecule has 19 heavy (non-hydrogen) atoms. The minimum Gasteiger partial charge on any atom is -0.326 e. The highest BCUT2D eigenvalue weighted by Crippen LogP contribution is 2.49.